The predicted molar refractivity (Wildman–Crippen MR) is 194 cm³/mol. The number of anilines is 1. The van der Waals surface area contributed by atoms with Gasteiger partial charge in [0.15, 0.2) is 5.78 Å². The summed E-state index contributed by atoms with van der Waals surface area (Å²) in [6, 6.07) is 24.5. The van der Waals surface area contributed by atoms with Crippen molar-refractivity contribution in [2.24, 2.45) is 5.92 Å². The van der Waals surface area contributed by atoms with Crippen LogP contribution in [0.15, 0.2) is 86.0 Å². The van der Waals surface area contributed by atoms with E-state index in [0.29, 0.717) is 0 Å². The van der Waals surface area contributed by atoms with Crippen molar-refractivity contribution < 1.29 is 4.79 Å². The zero-order valence-electron chi connectivity index (χ0n) is 29.2. The summed E-state index contributed by atoms with van der Waals surface area (Å²) in [6.45, 7) is 22.5. The van der Waals surface area contributed by atoms with Gasteiger partial charge in [-0.15, -0.1) is 13.2 Å². The molecule has 44 heavy (non-hydrogen) atoms. The molecule has 0 unspecified atom stereocenters. The fourth-order valence-electron chi connectivity index (χ4n) is 4.88. The van der Waals surface area contributed by atoms with Gasteiger partial charge in [0.1, 0.15) is 11.6 Å². The monoisotopic (exact) mass is 595 g/mol. The van der Waals surface area contributed by atoms with Gasteiger partial charge in [-0.1, -0.05) is 134 Å². The highest BCUT2D eigenvalue weighted by Crippen LogP contribution is 2.26. The van der Waals surface area contributed by atoms with E-state index in [1.54, 1.807) is 6.92 Å². The topological polar surface area (TPSA) is 46.1 Å². The lowest BCUT2D eigenvalue weighted by molar-refractivity contribution is 0.101. The number of ketones is 1. The SMILES string of the molecule is C=C.CC.CC(=O)c1ccc(-c2ccc(C(C)(C)C)cc2)cc1.CC1CCCCC1.Cc1nc(N(C)C)c2ccccc2n1. The minimum Gasteiger partial charge on any atom is -0.362 e. The van der Waals surface area contributed by atoms with Crippen LogP contribution in [0.25, 0.3) is 22.0 Å². The first-order valence-corrected chi connectivity index (χ1v) is 16.1. The maximum absolute atomic E-state index is 11.2. The number of carbonyl (C=O) groups is 1. The van der Waals surface area contributed by atoms with Crippen molar-refractivity contribution >= 4 is 22.5 Å². The number of hydrogen-bond acceptors (Lipinski definition) is 4. The number of benzene rings is 3. The van der Waals surface area contributed by atoms with Crippen molar-refractivity contribution in [2.75, 3.05) is 19.0 Å². The highest BCUT2D eigenvalue weighted by molar-refractivity contribution is 5.94. The van der Waals surface area contributed by atoms with E-state index in [2.05, 4.69) is 75.1 Å². The number of carbonyl (C=O) groups excluding carboxylic acids is 1. The molecule has 5 rings (SSSR count). The van der Waals surface area contributed by atoms with Gasteiger partial charge in [-0.2, -0.15) is 0 Å². The van der Waals surface area contributed by atoms with Crippen LogP contribution in [-0.4, -0.2) is 29.8 Å². The van der Waals surface area contributed by atoms with E-state index >= 15 is 0 Å². The smallest absolute Gasteiger partial charge is 0.159 e. The average molecular weight is 596 g/mol. The Kier molecular flexibility index (Phi) is 16.9. The molecule has 0 bridgehead atoms. The third-order valence-corrected chi connectivity index (χ3v) is 7.39. The number of aryl methyl sites for hydroxylation is 1. The van der Waals surface area contributed by atoms with Crippen LogP contribution in [0, 0.1) is 12.8 Å². The van der Waals surface area contributed by atoms with Crippen molar-refractivity contribution in [1.29, 1.82) is 0 Å². The molecule has 1 aliphatic carbocycles. The minimum absolute atomic E-state index is 0.106. The van der Waals surface area contributed by atoms with Crippen LogP contribution in [0.3, 0.4) is 0 Å². The van der Waals surface area contributed by atoms with Crippen molar-refractivity contribution in [2.45, 2.75) is 92.9 Å². The maximum atomic E-state index is 11.2. The maximum Gasteiger partial charge on any atom is 0.159 e. The van der Waals surface area contributed by atoms with Crippen molar-refractivity contribution in [3.63, 3.8) is 0 Å². The Labute approximate surface area is 268 Å². The van der Waals surface area contributed by atoms with Gasteiger partial charge in [0.2, 0.25) is 0 Å². The molecule has 1 aromatic heterocycles. The Morgan fingerprint density at radius 3 is 1.73 bits per heavy atom. The lowest BCUT2D eigenvalue weighted by atomic mass is 9.86. The molecule has 0 saturated heterocycles. The van der Waals surface area contributed by atoms with Gasteiger partial charge in [0.05, 0.1) is 5.52 Å². The molecule has 4 heteroatoms. The van der Waals surface area contributed by atoms with Crippen LogP contribution < -0.4 is 4.90 Å². The predicted octanol–water partition coefficient (Wildman–Crippen LogP) is 11.3. The summed E-state index contributed by atoms with van der Waals surface area (Å²) in [5.74, 6) is 2.93. The largest absolute Gasteiger partial charge is 0.362 e. The van der Waals surface area contributed by atoms with Crippen molar-refractivity contribution in [1.82, 2.24) is 9.97 Å². The normalized spacial score (nSPS) is 12.5. The molecule has 0 radical (unpaired) electrons. The van der Waals surface area contributed by atoms with Gasteiger partial charge < -0.3 is 4.90 Å². The zero-order chi connectivity index (χ0) is 33.3. The first-order valence-electron chi connectivity index (χ1n) is 16.1. The van der Waals surface area contributed by atoms with Gasteiger partial charge in [0.25, 0.3) is 0 Å². The number of aromatic nitrogens is 2. The number of nitrogens with zero attached hydrogens (tertiary/aromatic N) is 3. The van der Waals surface area contributed by atoms with Crippen LogP contribution in [0.5, 0.6) is 0 Å². The second-order valence-corrected chi connectivity index (χ2v) is 12.2. The van der Waals surface area contributed by atoms with Crippen LogP contribution in [0.2, 0.25) is 0 Å². The van der Waals surface area contributed by atoms with Gasteiger partial charge >= 0.3 is 0 Å². The molecule has 0 aliphatic heterocycles. The fraction of sp³-hybridized carbons (Fsp3) is 0.425. The molecular weight excluding hydrogens is 538 g/mol. The summed E-state index contributed by atoms with van der Waals surface area (Å²) in [6.07, 6.45) is 7.44. The van der Waals surface area contributed by atoms with Gasteiger partial charge in [-0.25, -0.2) is 9.97 Å². The molecule has 0 spiro atoms. The molecule has 0 N–H and O–H groups in total. The first kappa shape index (κ1) is 38.2. The minimum atomic E-state index is 0.106. The lowest BCUT2D eigenvalue weighted by Crippen LogP contribution is -2.12. The van der Waals surface area contributed by atoms with Crippen LogP contribution in [0.1, 0.15) is 102 Å². The number of Topliss-reactive ketones (excluding diaryl/α,β-unsaturated/α-hetero) is 1. The van der Waals surface area contributed by atoms with E-state index in [4.69, 9.17) is 0 Å². The van der Waals surface area contributed by atoms with E-state index in [1.165, 1.54) is 43.2 Å². The Hall–Kier alpha value is -3.79. The van der Waals surface area contributed by atoms with E-state index in [-0.39, 0.29) is 11.2 Å². The summed E-state index contributed by atoms with van der Waals surface area (Å²) in [4.78, 5) is 22.1. The van der Waals surface area contributed by atoms with Crippen LogP contribution >= 0.6 is 0 Å². The number of fused-ring (bicyclic) bond motifs is 1. The second-order valence-electron chi connectivity index (χ2n) is 12.2. The highest BCUT2D eigenvalue weighted by Gasteiger charge is 2.13. The molecule has 1 heterocycles. The number of hydrogen-bond donors (Lipinski definition) is 0. The van der Waals surface area contributed by atoms with Crippen molar-refractivity contribution in [3.05, 3.63) is 103 Å². The summed E-state index contributed by atoms with van der Waals surface area (Å²) in [5.41, 5.74) is 5.60. The van der Waals surface area contributed by atoms with E-state index in [1.807, 2.05) is 88.3 Å². The molecule has 238 valence electrons. The van der Waals surface area contributed by atoms with Gasteiger partial charge in [-0.3, -0.25) is 4.79 Å². The highest BCUT2D eigenvalue weighted by atomic mass is 16.1. The molecule has 4 nitrogen and oxygen atoms in total. The van der Waals surface area contributed by atoms with Crippen LogP contribution in [-0.2, 0) is 5.41 Å². The summed E-state index contributed by atoms with van der Waals surface area (Å²) < 4.78 is 0. The Morgan fingerprint density at radius 1 is 0.795 bits per heavy atom. The first-order chi connectivity index (χ1) is 21.0. The molecule has 0 atom stereocenters. The lowest BCUT2D eigenvalue weighted by Gasteiger charge is -2.19. The molecule has 1 fully saturated rings. The van der Waals surface area contributed by atoms with Gasteiger partial charge in [-0.05, 0) is 54.0 Å². The molecule has 3 aromatic carbocycles. The van der Waals surface area contributed by atoms with Crippen molar-refractivity contribution in [3.8, 4) is 11.1 Å². The Balaban J connectivity index is 0.000000338. The molecule has 1 aliphatic rings. The molecule has 1 saturated carbocycles. The van der Waals surface area contributed by atoms with E-state index in [9.17, 15) is 4.79 Å². The Morgan fingerprint density at radius 2 is 1.30 bits per heavy atom. The number of rotatable bonds is 3. The summed E-state index contributed by atoms with van der Waals surface area (Å²) in [5, 5.41) is 1.10. The van der Waals surface area contributed by atoms with E-state index in [0.717, 1.165) is 39.6 Å². The zero-order valence-corrected chi connectivity index (χ0v) is 29.2. The molecular formula is C40H57N3O. The van der Waals surface area contributed by atoms with E-state index < -0.39 is 0 Å². The second kappa shape index (κ2) is 19.5. The third kappa shape index (κ3) is 12.4. The fourth-order valence-corrected chi connectivity index (χ4v) is 4.88. The van der Waals surface area contributed by atoms with Gasteiger partial charge in [0, 0.05) is 25.0 Å². The standard InChI is InChI=1S/C18H20O.C11H13N3.C7H14.C2H6.C2H4/c1-13(19)14-5-7-15(8-6-14)16-9-11-17(12-10-16)18(2,3)4;1-8-12-10-7-5-4-6-9(10)11(13-8)14(2)3;1-7-5-3-2-4-6-7;2*1-2/h5-12H,1-4H3;4-7H,1-3H3;7H,2-6H2,1H3;1-2H3;1-2H2. The Bertz CT molecular complexity index is 1380. The van der Waals surface area contributed by atoms with Crippen LogP contribution in [0.4, 0.5) is 5.82 Å². The molecule has 0 amide bonds. The summed E-state index contributed by atoms with van der Waals surface area (Å²) >= 11 is 0. The average Bonchev–Trinajstić information content (AvgIpc) is 3.03. The number of para-hydroxylation sites is 1. The quantitative estimate of drug-likeness (QED) is 0.175. The summed E-state index contributed by atoms with van der Waals surface area (Å²) in [7, 11) is 3.99. The molecule has 4 aromatic rings. The third-order valence-electron chi connectivity index (χ3n) is 7.39.